The molecule has 0 bridgehead atoms. The lowest BCUT2D eigenvalue weighted by Gasteiger charge is -2.21. The maximum atomic E-state index is 13.0. The van der Waals surface area contributed by atoms with Gasteiger partial charge in [-0.25, -0.2) is 28.8 Å². The summed E-state index contributed by atoms with van der Waals surface area (Å²) in [5.74, 6) is -4.05. The molecule has 49 heavy (non-hydrogen) atoms. The fraction of sp³-hybridized carbons (Fsp3) is 0.273. The highest BCUT2D eigenvalue weighted by molar-refractivity contribution is 5.84. The van der Waals surface area contributed by atoms with E-state index in [2.05, 4.69) is 16.0 Å². The van der Waals surface area contributed by atoms with E-state index < -0.39 is 74.1 Å². The lowest BCUT2D eigenvalue weighted by molar-refractivity contribution is -0.155. The molecule has 0 unspecified atom stereocenters. The number of aliphatic carboxylic acids is 1. The topological polar surface area (TPSA) is 225 Å². The van der Waals surface area contributed by atoms with Gasteiger partial charge >= 0.3 is 36.2 Å². The van der Waals surface area contributed by atoms with E-state index in [9.17, 15) is 39.0 Å². The molecule has 3 aromatic rings. The quantitative estimate of drug-likeness (QED) is 0.102. The Morgan fingerprint density at radius 2 is 0.816 bits per heavy atom. The smallest absolute Gasteiger partial charge is 0.408 e. The van der Waals surface area contributed by atoms with Crippen molar-refractivity contribution < 1.29 is 62.7 Å². The lowest BCUT2D eigenvalue weighted by Crippen LogP contribution is -2.50. The van der Waals surface area contributed by atoms with Crippen molar-refractivity contribution in [2.75, 3.05) is 19.8 Å². The highest BCUT2D eigenvalue weighted by atomic mass is 16.6. The van der Waals surface area contributed by atoms with Gasteiger partial charge in [0.2, 0.25) is 0 Å². The van der Waals surface area contributed by atoms with Gasteiger partial charge in [0, 0.05) is 0 Å². The van der Waals surface area contributed by atoms with Crippen molar-refractivity contribution in [1.29, 1.82) is 0 Å². The molecular weight excluding hydrogens is 646 g/mol. The van der Waals surface area contributed by atoms with Gasteiger partial charge in [-0.2, -0.15) is 0 Å². The summed E-state index contributed by atoms with van der Waals surface area (Å²) in [5, 5.41) is 25.5. The third kappa shape index (κ3) is 14.0. The Morgan fingerprint density at radius 3 is 1.18 bits per heavy atom. The van der Waals surface area contributed by atoms with Crippen LogP contribution in [0.3, 0.4) is 0 Å². The number of esters is 2. The summed E-state index contributed by atoms with van der Waals surface area (Å²) >= 11 is 0. The second-order valence-corrected chi connectivity index (χ2v) is 10.1. The first-order valence-electron chi connectivity index (χ1n) is 14.7. The van der Waals surface area contributed by atoms with E-state index >= 15 is 0 Å². The molecule has 0 saturated heterocycles. The minimum Gasteiger partial charge on any atom is -0.480 e. The Hall–Kier alpha value is -6.16. The largest absolute Gasteiger partial charge is 0.480 e. The van der Waals surface area contributed by atoms with E-state index in [4.69, 9.17) is 23.7 Å². The van der Waals surface area contributed by atoms with Crippen molar-refractivity contribution in [3.63, 3.8) is 0 Å². The molecule has 0 aliphatic heterocycles. The molecule has 0 aromatic heterocycles. The number of carbonyl (C=O) groups excluding carboxylic acids is 5. The maximum Gasteiger partial charge on any atom is 0.408 e. The van der Waals surface area contributed by atoms with Gasteiger partial charge in [-0.1, -0.05) is 91.0 Å². The zero-order chi connectivity index (χ0) is 35.4. The zero-order valence-electron chi connectivity index (χ0n) is 26.0. The van der Waals surface area contributed by atoms with E-state index in [1.54, 1.807) is 91.0 Å². The highest BCUT2D eigenvalue weighted by Gasteiger charge is 2.30. The molecule has 0 heterocycles. The van der Waals surface area contributed by atoms with E-state index in [0.29, 0.717) is 16.7 Å². The molecule has 0 aliphatic carbocycles. The number of aliphatic hydroxyl groups is 1. The summed E-state index contributed by atoms with van der Waals surface area (Å²) in [6.07, 6.45) is -3.28. The summed E-state index contributed by atoms with van der Waals surface area (Å²) in [6.45, 7) is -3.18. The van der Waals surface area contributed by atoms with Crippen LogP contribution in [0.4, 0.5) is 14.4 Å². The third-order valence-electron chi connectivity index (χ3n) is 6.35. The van der Waals surface area contributed by atoms with Crippen LogP contribution in [0.5, 0.6) is 0 Å². The summed E-state index contributed by atoms with van der Waals surface area (Å²) in [5.41, 5.74) is 1.92. The average molecular weight is 682 g/mol. The van der Waals surface area contributed by atoms with Crippen molar-refractivity contribution >= 4 is 36.2 Å². The number of benzene rings is 3. The molecule has 5 N–H and O–H groups in total. The minimum absolute atomic E-state index is 0.125. The standard InChI is InChI=1S/C33H35N3O13/c37-16-25(34-31(42)47-17-22-10-4-1-5-11-22)29(40)46-21-27(36-33(44)49-19-24-14-8-3-9-15-24)30(41)45-20-26(28(38)39)35-32(43)48-18-23-12-6-2-7-13-23/h1-15,25-27,37H,16-21H2,(H,34,42)(H,35,43)(H,36,44)(H,38,39)/t25-,26-,27-/m0/s1. The predicted molar refractivity (Wildman–Crippen MR) is 167 cm³/mol. The van der Waals surface area contributed by atoms with Crippen LogP contribution < -0.4 is 16.0 Å². The van der Waals surface area contributed by atoms with Crippen LogP contribution >= 0.6 is 0 Å². The van der Waals surface area contributed by atoms with Crippen molar-refractivity contribution in [2.24, 2.45) is 0 Å². The molecule has 0 radical (unpaired) electrons. The van der Waals surface area contributed by atoms with Gasteiger partial charge in [0.05, 0.1) is 6.61 Å². The number of alkyl carbamates (subject to hydrolysis) is 3. The molecule has 0 fully saturated rings. The maximum absolute atomic E-state index is 13.0. The average Bonchev–Trinajstić information content (AvgIpc) is 3.12. The molecule has 0 aliphatic rings. The first kappa shape index (κ1) is 37.3. The van der Waals surface area contributed by atoms with Gasteiger partial charge in [0.15, 0.2) is 18.1 Å². The molecular formula is C33H35N3O13. The van der Waals surface area contributed by atoms with Gasteiger partial charge < -0.3 is 49.8 Å². The molecule has 3 atom stereocenters. The van der Waals surface area contributed by atoms with E-state index in [-0.39, 0.29) is 19.8 Å². The number of ether oxygens (including phenoxy) is 5. The second-order valence-electron chi connectivity index (χ2n) is 10.1. The molecule has 16 nitrogen and oxygen atoms in total. The summed E-state index contributed by atoms with van der Waals surface area (Å²) in [7, 11) is 0. The van der Waals surface area contributed by atoms with Crippen LogP contribution in [0.2, 0.25) is 0 Å². The Labute approximate surface area is 280 Å². The van der Waals surface area contributed by atoms with Gasteiger partial charge in [0.25, 0.3) is 0 Å². The Balaban J connectivity index is 1.58. The number of aliphatic hydroxyl groups excluding tert-OH is 1. The predicted octanol–water partition coefficient (Wildman–Crippen LogP) is 2.03. The number of amides is 3. The molecule has 16 heteroatoms. The Kier molecular flexibility index (Phi) is 15.3. The monoisotopic (exact) mass is 681 g/mol. The summed E-state index contributed by atoms with van der Waals surface area (Å²) < 4.78 is 25.2. The van der Waals surface area contributed by atoms with E-state index in [0.717, 1.165) is 0 Å². The van der Waals surface area contributed by atoms with Crippen LogP contribution in [-0.4, -0.2) is 84.3 Å². The lowest BCUT2D eigenvalue weighted by atomic mass is 10.2. The van der Waals surface area contributed by atoms with Gasteiger partial charge in [-0.05, 0) is 16.7 Å². The zero-order valence-corrected chi connectivity index (χ0v) is 26.0. The van der Waals surface area contributed by atoms with Crippen LogP contribution in [0.15, 0.2) is 91.0 Å². The van der Waals surface area contributed by atoms with E-state index in [1.807, 2.05) is 0 Å². The summed E-state index contributed by atoms with van der Waals surface area (Å²) in [6, 6.07) is 20.6. The minimum atomic E-state index is -1.76. The number of hydrogen-bond acceptors (Lipinski definition) is 12. The number of rotatable bonds is 17. The van der Waals surface area contributed by atoms with Crippen molar-refractivity contribution in [3.8, 4) is 0 Å². The molecule has 260 valence electrons. The van der Waals surface area contributed by atoms with Crippen molar-refractivity contribution in [3.05, 3.63) is 108 Å². The SMILES string of the molecule is O=C(N[C@@H](COC(=O)[C@H](COC(=O)[C@H](CO)NC(=O)OCc1ccccc1)NC(=O)OCc1ccccc1)C(=O)O)OCc1ccccc1. The van der Waals surface area contributed by atoms with Gasteiger partial charge in [0.1, 0.15) is 33.0 Å². The second kappa shape index (κ2) is 20.2. The number of carboxylic acid groups (broad SMARTS) is 1. The van der Waals surface area contributed by atoms with Crippen LogP contribution in [0.1, 0.15) is 16.7 Å². The van der Waals surface area contributed by atoms with E-state index in [1.165, 1.54) is 0 Å². The summed E-state index contributed by atoms with van der Waals surface area (Å²) in [4.78, 5) is 74.2. The van der Waals surface area contributed by atoms with Gasteiger partial charge in [-0.3, -0.25) is 0 Å². The molecule has 3 aromatic carbocycles. The van der Waals surface area contributed by atoms with Crippen LogP contribution in [0.25, 0.3) is 0 Å². The third-order valence-corrected chi connectivity index (χ3v) is 6.35. The van der Waals surface area contributed by atoms with Crippen LogP contribution in [-0.2, 0) is 57.9 Å². The van der Waals surface area contributed by atoms with Crippen molar-refractivity contribution in [2.45, 2.75) is 37.9 Å². The first-order chi connectivity index (χ1) is 23.6. The number of carbonyl (C=O) groups is 6. The number of carboxylic acids is 1. The van der Waals surface area contributed by atoms with Crippen molar-refractivity contribution in [1.82, 2.24) is 16.0 Å². The van der Waals surface area contributed by atoms with Crippen LogP contribution in [0, 0.1) is 0 Å². The Bertz CT molecular complexity index is 1520. The Morgan fingerprint density at radius 1 is 0.490 bits per heavy atom. The number of nitrogens with one attached hydrogen (secondary N) is 3. The molecule has 3 amide bonds. The molecule has 0 spiro atoms. The number of hydrogen-bond donors (Lipinski definition) is 5. The fourth-order valence-electron chi connectivity index (χ4n) is 3.78. The van der Waals surface area contributed by atoms with Gasteiger partial charge in [-0.15, -0.1) is 0 Å². The normalized spacial score (nSPS) is 12.2. The molecule has 0 saturated carbocycles. The fourth-order valence-corrected chi connectivity index (χ4v) is 3.78. The molecule has 3 rings (SSSR count). The first-order valence-corrected chi connectivity index (χ1v) is 14.7. The highest BCUT2D eigenvalue weighted by Crippen LogP contribution is 2.05.